The number of benzene rings is 2. The van der Waals surface area contributed by atoms with Crippen molar-refractivity contribution in [3.05, 3.63) is 57.5 Å². The molecule has 0 saturated carbocycles. The molecule has 0 spiro atoms. The Hall–Kier alpha value is -1.41. The van der Waals surface area contributed by atoms with Gasteiger partial charge in [-0.25, -0.2) is 8.42 Å². The second kappa shape index (κ2) is 7.65. The lowest BCUT2D eigenvalue weighted by Crippen LogP contribution is -2.41. The van der Waals surface area contributed by atoms with Crippen molar-refractivity contribution >= 4 is 49.1 Å². The number of rotatable bonds is 5. The number of anilines is 1. The van der Waals surface area contributed by atoms with Crippen molar-refractivity contribution < 1.29 is 13.2 Å². The molecule has 0 saturated heterocycles. The van der Waals surface area contributed by atoms with Crippen molar-refractivity contribution in [2.24, 2.45) is 0 Å². The second-order valence-electron chi connectivity index (χ2n) is 5.20. The van der Waals surface area contributed by atoms with Crippen LogP contribution in [0.2, 0.25) is 5.02 Å². The highest BCUT2D eigenvalue weighted by molar-refractivity contribution is 9.10. The van der Waals surface area contributed by atoms with Crippen LogP contribution < -0.4 is 10.0 Å². The normalized spacial score (nSPS) is 12.7. The molecule has 1 amide bonds. The van der Waals surface area contributed by atoms with Gasteiger partial charge in [0.15, 0.2) is 0 Å². The zero-order valence-electron chi connectivity index (χ0n) is 13.0. The van der Waals surface area contributed by atoms with Gasteiger partial charge in [-0.15, -0.1) is 0 Å². The summed E-state index contributed by atoms with van der Waals surface area (Å²) in [5.41, 5.74) is 1.26. The lowest BCUT2D eigenvalue weighted by Gasteiger charge is -2.16. The monoisotopic (exact) mass is 430 g/mol. The Bertz CT molecular complexity index is 854. The zero-order chi connectivity index (χ0) is 17.9. The van der Waals surface area contributed by atoms with Gasteiger partial charge >= 0.3 is 0 Å². The minimum absolute atomic E-state index is 0.0873. The van der Waals surface area contributed by atoms with E-state index in [1.54, 1.807) is 37.3 Å². The molecule has 0 aliphatic heterocycles. The highest BCUT2D eigenvalue weighted by Crippen LogP contribution is 2.23. The smallest absolute Gasteiger partial charge is 0.242 e. The average Bonchev–Trinajstić information content (AvgIpc) is 2.51. The van der Waals surface area contributed by atoms with Crippen LogP contribution in [0.5, 0.6) is 0 Å². The Balaban J connectivity index is 2.11. The van der Waals surface area contributed by atoms with Gasteiger partial charge in [0, 0.05) is 15.2 Å². The molecular formula is C16H16BrClN2O3S. The first-order valence-corrected chi connectivity index (χ1v) is 9.70. The lowest BCUT2D eigenvalue weighted by molar-refractivity contribution is -0.117. The first-order valence-electron chi connectivity index (χ1n) is 7.04. The van der Waals surface area contributed by atoms with Gasteiger partial charge in [-0.1, -0.05) is 33.6 Å². The summed E-state index contributed by atoms with van der Waals surface area (Å²) in [7, 11) is -3.79. The number of hydrogen-bond acceptors (Lipinski definition) is 3. The van der Waals surface area contributed by atoms with Gasteiger partial charge in [-0.05, 0) is 55.8 Å². The standard InChI is InChI=1S/C16H16BrClN2O3S/c1-10-14(18)4-3-5-15(10)19-16(21)11(2)20-24(22,23)13-8-6-12(17)7-9-13/h3-9,11,20H,1-2H3,(H,19,21). The van der Waals surface area contributed by atoms with Crippen molar-refractivity contribution in [3.63, 3.8) is 0 Å². The van der Waals surface area contributed by atoms with Crippen LogP contribution in [0.15, 0.2) is 51.8 Å². The minimum Gasteiger partial charge on any atom is -0.324 e. The Morgan fingerprint density at radius 2 is 1.79 bits per heavy atom. The van der Waals surface area contributed by atoms with Gasteiger partial charge in [0.1, 0.15) is 0 Å². The van der Waals surface area contributed by atoms with Crippen molar-refractivity contribution in [2.75, 3.05) is 5.32 Å². The molecule has 5 nitrogen and oxygen atoms in total. The molecule has 2 aromatic carbocycles. The van der Waals surface area contributed by atoms with Crippen LogP contribution in [0.4, 0.5) is 5.69 Å². The molecule has 0 radical (unpaired) electrons. The highest BCUT2D eigenvalue weighted by atomic mass is 79.9. The average molecular weight is 432 g/mol. The maximum atomic E-state index is 12.3. The van der Waals surface area contributed by atoms with E-state index in [9.17, 15) is 13.2 Å². The zero-order valence-corrected chi connectivity index (χ0v) is 16.2. The third kappa shape index (κ3) is 4.57. The van der Waals surface area contributed by atoms with Gasteiger partial charge < -0.3 is 5.32 Å². The Morgan fingerprint density at radius 3 is 2.42 bits per heavy atom. The van der Waals surface area contributed by atoms with E-state index >= 15 is 0 Å². The molecule has 0 aliphatic carbocycles. The number of carbonyl (C=O) groups is 1. The van der Waals surface area contributed by atoms with Crippen molar-refractivity contribution in [1.29, 1.82) is 0 Å². The summed E-state index contributed by atoms with van der Waals surface area (Å²) in [4.78, 5) is 12.3. The van der Waals surface area contributed by atoms with Crippen LogP contribution in [0.3, 0.4) is 0 Å². The van der Waals surface area contributed by atoms with Gasteiger partial charge in [0.2, 0.25) is 15.9 Å². The van der Waals surface area contributed by atoms with Gasteiger partial charge in [0.05, 0.1) is 10.9 Å². The van der Waals surface area contributed by atoms with Crippen molar-refractivity contribution in [3.8, 4) is 0 Å². The second-order valence-corrected chi connectivity index (χ2v) is 8.24. The van der Waals surface area contributed by atoms with Gasteiger partial charge in [0.25, 0.3) is 0 Å². The third-order valence-electron chi connectivity index (χ3n) is 3.37. The Morgan fingerprint density at radius 1 is 1.17 bits per heavy atom. The third-order valence-corrected chi connectivity index (χ3v) is 5.87. The van der Waals surface area contributed by atoms with Crippen molar-refractivity contribution in [2.45, 2.75) is 24.8 Å². The van der Waals surface area contributed by atoms with Crippen LogP contribution in [-0.2, 0) is 14.8 Å². The molecule has 0 fully saturated rings. The summed E-state index contributed by atoms with van der Waals surface area (Å²) >= 11 is 9.26. The van der Waals surface area contributed by atoms with Gasteiger partial charge in [-0.3, -0.25) is 4.79 Å². The topological polar surface area (TPSA) is 75.3 Å². The molecule has 2 N–H and O–H groups in total. The molecule has 2 aromatic rings. The highest BCUT2D eigenvalue weighted by Gasteiger charge is 2.22. The molecule has 128 valence electrons. The minimum atomic E-state index is -3.79. The molecule has 0 heterocycles. The number of hydrogen-bond donors (Lipinski definition) is 2. The summed E-state index contributed by atoms with van der Waals surface area (Å²) < 4.78 is 27.7. The van der Waals surface area contributed by atoms with Crippen molar-refractivity contribution in [1.82, 2.24) is 4.72 Å². The van der Waals surface area contributed by atoms with Crippen LogP contribution in [-0.4, -0.2) is 20.4 Å². The number of nitrogens with one attached hydrogen (secondary N) is 2. The number of halogens is 2. The molecular weight excluding hydrogens is 416 g/mol. The van der Waals surface area contributed by atoms with E-state index in [0.717, 1.165) is 10.0 Å². The number of sulfonamides is 1. The molecule has 24 heavy (non-hydrogen) atoms. The number of amides is 1. The molecule has 0 bridgehead atoms. The van der Waals surface area contributed by atoms with E-state index < -0.39 is 22.0 Å². The fraction of sp³-hybridized carbons (Fsp3) is 0.188. The molecule has 1 atom stereocenters. The maximum absolute atomic E-state index is 12.3. The summed E-state index contributed by atoms with van der Waals surface area (Å²) in [5, 5.41) is 3.20. The summed E-state index contributed by atoms with van der Waals surface area (Å²) in [6.07, 6.45) is 0. The molecule has 8 heteroatoms. The predicted molar refractivity (Wildman–Crippen MR) is 98.7 cm³/mol. The number of carbonyl (C=O) groups excluding carboxylic acids is 1. The first-order chi connectivity index (χ1) is 11.2. The summed E-state index contributed by atoms with van der Waals surface area (Å²) in [6.45, 7) is 3.25. The van der Waals surface area contributed by atoms with Crippen LogP contribution >= 0.6 is 27.5 Å². The van der Waals surface area contributed by atoms with E-state index in [-0.39, 0.29) is 4.90 Å². The van der Waals surface area contributed by atoms with Crippen LogP contribution in [0.1, 0.15) is 12.5 Å². The molecule has 0 aromatic heterocycles. The van der Waals surface area contributed by atoms with E-state index in [4.69, 9.17) is 11.6 Å². The van der Waals surface area contributed by atoms with Gasteiger partial charge in [-0.2, -0.15) is 4.72 Å². The van der Waals surface area contributed by atoms with E-state index in [1.807, 2.05) is 0 Å². The quantitative estimate of drug-likeness (QED) is 0.757. The maximum Gasteiger partial charge on any atom is 0.242 e. The molecule has 2 rings (SSSR count). The fourth-order valence-electron chi connectivity index (χ4n) is 1.95. The molecule has 1 unspecified atom stereocenters. The first kappa shape index (κ1) is 18.9. The lowest BCUT2D eigenvalue weighted by atomic mass is 10.2. The Kier molecular flexibility index (Phi) is 6.03. The summed E-state index contributed by atoms with van der Waals surface area (Å²) in [5.74, 6) is -0.471. The van der Waals surface area contributed by atoms with E-state index in [0.29, 0.717) is 10.7 Å². The van der Waals surface area contributed by atoms with Crippen LogP contribution in [0, 0.1) is 6.92 Å². The van der Waals surface area contributed by atoms with E-state index in [1.165, 1.54) is 19.1 Å². The van der Waals surface area contributed by atoms with E-state index in [2.05, 4.69) is 26.0 Å². The SMILES string of the molecule is Cc1c(Cl)cccc1NC(=O)C(C)NS(=O)(=O)c1ccc(Br)cc1. The van der Waals surface area contributed by atoms with Crippen LogP contribution in [0.25, 0.3) is 0 Å². The largest absolute Gasteiger partial charge is 0.324 e. The Labute approximate surface area is 154 Å². The summed E-state index contributed by atoms with van der Waals surface area (Å²) in [6, 6.07) is 10.3. The fourth-order valence-corrected chi connectivity index (χ4v) is 3.59. The molecule has 0 aliphatic rings. The predicted octanol–water partition coefficient (Wildman–Crippen LogP) is 3.72.